The van der Waals surface area contributed by atoms with Crippen LogP contribution in [0.2, 0.25) is 5.02 Å². The highest BCUT2D eigenvalue weighted by Crippen LogP contribution is 2.22. The van der Waals surface area contributed by atoms with Crippen LogP contribution in [0.15, 0.2) is 41.3 Å². The molecular weight excluding hydrogens is 214 g/mol. The lowest BCUT2D eigenvalue weighted by Crippen LogP contribution is -1.86. The number of benzene rings is 1. The zero-order valence-electron chi connectivity index (χ0n) is 7.96. The third kappa shape index (κ3) is 3.48. The molecule has 0 aromatic heterocycles. The van der Waals surface area contributed by atoms with Crippen LogP contribution in [-0.4, -0.2) is 0 Å². The van der Waals surface area contributed by atoms with Crippen LogP contribution in [0.25, 0.3) is 5.57 Å². The Morgan fingerprint density at radius 3 is 2.86 bits per heavy atom. The molecule has 74 valence electrons. The van der Waals surface area contributed by atoms with Crippen LogP contribution in [0, 0.1) is 0 Å². The Balaban J connectivity index is 2.83. The molecule has 0 atom stereocenters. The Labute approximate surface area is 93.6 Å². The molecule has 0 fully saturated rings. The van der Waals surface area contributed by atoms with Crippen molar-refractivity contribution in [2.24, 2.45) is 5.73 Å². The zero-order valence-corrected chi connectivity index (χ0v) is 9.53. The first-order valence-corrected chi connectivity index (χ1v) is 5.39. The fourth-order valence-electron chi connectivity index (χ4n) is 0.966. The first-order chi connectivity index (χ1) is 6.59. The van der Waals surface area contributed by atoms with Gasteiger partial charge in [-0.15, -0.1) is 0 Å². The van der Waals surface area contributed by atoms with E-state index in [0.717, 1.165) is 16.2 Å². The van der Waals surface area contributed by atoms with Crippen molar-refractivity contribution in [3.05, 3.63) is 51.9 Å². The van der Waals surface area contributed by atoms with E-state index in [1.807, 2.05) is 36.6 Å². The van der Waals surface area contributed by atoms with Crippen LogP contribution < -0.4 is 5.73 Å². The summed E-state index contributed by atoms with van der Waals surface area (Å²) in [6.45, 7) is 5.62. The van der Waals surface area contributed by atoms with Gasteiger partial charge >= 0.3 is 0 Å². The number of nitrogens with two attached hydrogens (primary N) is 1. The van der Waals surface area contributed by atoms with Crippen LogP contribution in [0.3, 0.4) is 0 Å². The van der Waals surface area contributed by atoms with Crippen molar-refractivity contribution in [3.8, 4) is 0 Å². The first kappa shape index (κ1) is 11.2. The average Bonchev–Trinajstić information content (AvgIpc) is 2.14. The highest BCUT2D eigenvalue weighted by atomic mass is 35.5. The third-order valence-corrected chi connectivity index (χ3v) is 2.68. The minimum atomic E-state index is 0.589. The second-order valence-corrected chi connectivity index (χ2v) is 4.33. The van der Waals surface area contributed by atoms with Crippen molar-refractivity contribution in [1.82, 2.24) is 0 Å². The van der Waals surface area contributed by atoms with E-state index < -0.39 is 0 Å². The van der Waals surface area contributed by atoms with E-state index in [2.05, 4.69) is 6.58 Å². The Hall–Kier alpha value is -0.860. The van der Waals surface area contributed by atoms with Crippen LogP contribution >= 0.6 is 23.4 Å². The molecule has 0 bridgehead atoms. The molecular formula is C11H12ClNS. The van der Waals surface area contributed by atoms with Crippen molar-refractivity contribution >= 4 is 28.9 Å². The molecule has 0 amide bonds. The molecule has 1 aromatic rings. The Morgan fingerprint density at radius 2 is 2.29 bits per heavy atom. The average molecular weight is 226 g/mol. The fraction of sp³-hybridized carbons (Fsp3) is 0.0909. The van der Waals surface area contributed by atoms with Gasteiger partial charge in [-0.2, -0.15) is 0 Å². The lowest BCUT2D eigenvalue weighted by molar-refractivity contribution is 1.57. The number of allylic oxidation sites excluding steroid dienone is 1. The van der Waals surface area contributed by atoms with Gasteiger partial charge in [-0.1, -0.05) is 42.1 Å². The van der Waals surface area contributed by atoms with Gasteiger partial charge in [-0.25, -0.2) is 0 Å². The van der Waals surface area contributed by atoms with Gasteiger partial charge < -0.3 is 5.73 Å². The minimum Gasteiger partial charge on any atom is -0.394 e. The van der Waals surface area contributed by atoms with Crippen molar-refractivity contribution < 1.29 is 0 Å². The van der Waals surface area contributed by atoms with Gasteiger partial charge in [-0.05, 0) is 35.6 Å². The maximum absolute atomic E-state index is 5.88. The Morgan fingerprint density at radius 1 is 1.57 bits per heavy atom. The highest BCUT2D eigenvalue weighted by molar-refractivity contribution is 8.05. The topological polar surface area (TPSA) is 26.0 Å². The Kier molecular flexibility index (Phi) is 4.11. The lowest BCUT2D eigenvalue weighted by atomic mass is 10.1. The smallest absolute Gasteiger partial charge is 0.0624 e. The quantitative estimate of drug-likeness (QED) is 0.846. The van der Waals surface area contributed by atoms with Gasteiger partial charge in [0.1, 0.15) is 0 Å². The summed E-state index contributed by atoms with van der Waals surface area (Å²) in [7, 11) is 0. The minimum absolute atomic E-state index is 0.589. The van der Waals surface area contributed by atoms with Gasteiger partial charge in [0.2, 0.25) is 0 Å². The number of hydrogen-bond donors (Lipinski definition) is 1. The summed E-state index contributed by atoms with van der Waals surface area (Å²) in [4.78, 5) is 0. The second kappa shape index (κ2) is 5.13. The molecule has 0 spiro atoms. The van der Waals surface area contributed by atoms with E-state index in [9.17, 15) is 0 Å². The molecule has 1 aromatic carbocycles. The van der Waals surface area contributed by atoms with Crippen molar-refractivity contribution in [2.75, 3.05) is 0 Å². The summed E-state index contributed by atoms with van der Waals surface area (Å²) in [6, 6.07) is 7.72. The predicted molar refractivity (Wildman–Crippen MR) is 66.0 cm³/mol. The van der Waals surface area contributed by atoms with E-state index in [-0.39, 0.29) is 0 Å². The molecule has 0 unspecified atom stereocenters. The molecule has 0 saturated heterocycles. The molecule has 3 heteroatoms. The van der Waals surface area contributed by atoms with Gasteiger partial charge in [0.05, 0.1) is 5.03 Å². The molecule has 0 heterocycles. The van der Waals surface area contributed by atoms with Crippen LogP contribution in [0.1, 0.15) is 12.5 Å². The maximum Gasteiger partial charge on any atom is 0.0624 e. The van der Waals surface area contributed by atoms with E-state index in [0.29, 0.717) is 5.03 Å². The molecule has 1 nitrogen and oxygen atoms in total. The highest BCUT2D eigenvalue weighted by Gasteiger charge is 1.96. The summed E-state index contributed by atoms with van der Waals surface area (Å²) in [5.41, 5.74) is 7.68. The SMILES string of the molecule is C=C(N)S/C=C(\C)c1cccc(Cl)c1. The largest absolute Gasteiger partial charge is 0.394 e. The van der Waals surface area contributed by atoms with Gasteiger partial charge in [0.25, 0.3) is 0 Å². The molecule has 0 aliphatic carbocycles. The van der Waals surface area contributed by atoms with Crippen LogP contribution in [0.4, 0.5) is 0 Å². The van der Waals surface area contributed by atoms with Gasteiger partial charge in [0.15, 0.2) is 0 Å². The molecule has 0 aliphatic heterocycles. The number of hydrogen-bond acceptors (Lipinski definition) is 2. The molecule has 0 aliphatic rings. The molecule has 14 heavy (non-hydrogen) atoms. The van der Waals surface area contributed by atoms with E-state index >= 15 is 0 Å². The van der Waals surface area contributed by atoms with Crippen molar-refractivity contribution in [1.29, 1.82) is 0 Å². The first-order valence-electron chi connectivity index (χ1n) is 4.13. The number of halogens is 1. The van der Waals surface area contributed by atoms with Crippen LogP contribution in [-0.2, 0) is 0 Å². The number of rotatable bonds is 3. The summed E-state index contributed by atoms with van der Waals surface area (Å²) >= 11 is 7.29. The van der Waals surface area contributed by atoms with Crippen LogP contribution in [0.5, 0.6) is 0 Å². The summed E-state index contributed by atoms with van der Waals surface area (Å²) in [5, 5.41) is 3.30. The second-order valence-electron chi connectivity index (χ2n) is 2.90. The lowest BCUT2D eigenvalue weighted by Gasteiger charge is -2.01. The van der Waals surface area contributed by atoms with E-state index in [1.165, 1.54) is 11.8 Å². The third-order valence-electron chi connectivity index (χ3n) is 1.67. The van der Waals surface area contributed by atoms with E-state index in [4.69, 9.17) is 17.3 Å². The van der Waals surface area contributed by atoms with Crippen molar-refractivity contribution in [3.63, 3.8) is 0 Å². The monoisotopic (exact) mass is 225 g/mol. The summed E-state index contributed by atoms with van der Waals surface area (Å²) < 4.78 is 0. The molecule has 2 N–H and O–H groups in total. The summed E-state index contributed by atoms with van der Waals surface area (Å²) in [6.07, 6.45) is 0. The maximum atomic E-state index is 5.88. The molecule has 1 rings (SSSR count). The Bertz CT molecular complexity index is 371. The fourth-order valence-corrected chi connectivity index (χ4v) is 1.62. The van der Waals surface area contributed by atoms with E-state index in [1.54, 1.807) is 0 Å². The normalized spacial score (nSPS) is 11.4. The predicted octanol–water partition coefficient (Wildman–Crippen LogP) is 3.86. The van der Waals surface area contributed by atoms with Gasteiger partial charge in [0, 0.05) is 5.02 Å². The van der Waals surface area contributed by atoms with Gasteiger partial charge in [-0.3, -0.25) is 0 Å². The standard InChI is InChI=1S/C11H12ClNS/c1-8(7-14-9(2)13)10-4-3-5-11(12)6-10/h3-7H,2,13H2,1H3/b8-7+. The zero-order chi connectivity index (χ0) is 10.6. The molecule has 0 saturated carbocycles. The van der Waals surface area contributed by atoms with Crippen molar-refractivity contribution in [2.45, 2.75) is 6.92 Å². The molecule has 0 radical (unpaired) electrons. The summed E-state index contributed by atoms with van der Waals surface area (Å²) in [5.74, 6) is 0. The number of thioether (sulfide) groups is 1.